The van der Waals surface area contributed by atoms with Crippen molar-refractivity contribution in [3.63, 3.8) is 0 Å². The lowest BCUT2D eigenvalue weighted by molar-refractivity contribution is -0.134. The van der Waals surface area contributed by atoms with Crippen molar-refractivity contribution in [1.82, 2.24) is 10.3 Å². The number of carboxylic acid groups (broad SMARTS) is 1. The molecule has 0 aliphatic heterocycles. The maximum atomic E-state index is 10.7. The molecule has 6 aromatic rings. The fraction of sp³-hybridized carbons (Fsp3) is 0.265. The number of benzene rings is 5. The number of rotatable bonds is 14. The van der Waals surface area contributed by atoms with E-state index in [-0.39, 0.29) is 0 Å². The fourth-order valence-corrected chi connectivity index (χ4v) is 7.92. The van der Waals surface area contributed by atoms with Crippen molar-refractivity contribution in [2.75, 3.05) is 5.75 Å². The van der Waals surface area contributed by atoms with Crippen LogP contribution in [0.4, 0.5) is 0 Å². The van der Waals surface area contributed by atoms with Gasteiger partial charge in [0.1, 0.15) is 0 Å². The highest BCUT2D eigenvalue weighted by atomic mass is 35.5. The molecule has 1 aliphatic carbocycles. The largest absolute Gasteiger partial charge is 0.481 e. The van der Waals surface area contributed by atoms with Crippen molar-refractivity contribution >= 4 is 52.4 Å². The third kappa shape index (κ3) is 14.7. The Hall–Kier alpha value is -4.72. The second-order valence-electron chi connectivity index (χ2n) is 14.7. The molecular formula is C49H53ClN2O3S. The molecule has 5 nitrogen and oxygen atoms in total. The van der Waals surface area contributed by atoms with Crippen molar-refractivity contribution in [3.8, 4) is 0 Å². The lowest BCUT2D eigenvalue weighted by Gasteiger charge is -2.23. The van der Waals surface area contributed by atoms with E-state index in [4.69, 9.17) is 26.5 Å². The van der Waals surface area contributed by atoms with Crippen LogP contribution in [0.3, 0.4) is 0 Å². The minimum atomic E-state index is -0.833. The molecule has 1 heterocycles. The maximum absolute atomic E-state index is 10.7. The van der Waals surface area contributed by atoms with Gasteiger partial charge in [0.25, 0.3) is 5.97 Å². The number of hydrogen-bond donors (Lipinski definition) is 3. The summed E-state index contributed by atoms with van der Waals surface area (Å²) >= 11 is 8.26. The molecule has 0 amide bonds. The Labute approximate surface area is 341 Å². The van der Waals surface area contributed by atoms with Gasteiger partial charge in [0.05, 0.1) is 16.8 Å². The van der Waals surface area contributed by atoms with Crippen LogP contribution >= 0.6 is 23.4 Å². The molecule has 7 heteroatoms. The third-order valence-corrected chi connectivity index (χ3v) is 11.1. The molecule has 1 atom stereocenters. The van der Waals surface area contributed by atoms with Gasteiger partial charge in [-0.2, -0.15) is 11.8 Å². The molecule has 290 valence electrons. The third-order valence-electron chi connectivity index (χ3n) is 9.33. The molecule has 7 rings (SSSR count). The molecule has 3 N–H and O–H groups in total. The highest BCUT2D eigenvalue weighted by Crippen LogP contribution is 2.41. The van der Waals surface area contributed by atoms with Gasteiger partial charge in [0.2, 0.25) is 0 Å². The first-order valence-corrected chi connectivity index (χ1v) is 20.7. The van der Waals surface area contributed by atoms with Crippen molar-refractivity contribution in [1.29, 1.82) is 0 Å². The Balaban J connectivity index is 0.000000261. The Kier molecular flexibility index (Phi) is 16.3. The number of pyridine rings is 1. The lowest BCUT2D eigenvalue weighted by atomic mass is 9.90. The number of aliphatic carboxylic acids is 1. The van der Waals surface area contributed by atoms with Crippen LogP contribution in [0.25, 0.3) is 23.1 Å². The summed E-state index contributed by atoms with van der Waals surface area (Å²) < 4.78 is 0. The molecule has 1 aliphatic rings. The molecule has 5 aromatic carbocycles. The Morgan fingerprint density at radius 3 is 2.11 bits per heavy atom. The predicted octanol–water partition coefficient (Wildman–Crippen LogP) is 12.2. The van der Waals surface area contributed by atoms with E-state index in [2.05, 4.69) is 126 Å². The molecule has 0 spiro atoms. The van der Waals surface area contributed by atoms with E-state index in [1.165, 1.54) is 46.4 Å². The number of halogens is 1. The number of aromatic nitrogens is 1. The first-order valence-electron chi connectivity index (χ1n) is 19.3. The van der Waals surface area contributed by atoms with Crippen LogP contribution < -0.4 is 5.32 Å². The number of nitrogens with zero attached hydrogens (tertiary/aromatic N) is 1. The zero-order valence-corrected chi connectivity index (χ0v) is 34.1. The summed E-state index contributed by atoms with van der Waals surface area (Å²) in [6.07, 6.45) is 8.96. The van der Waals surface area contributed by atoms with E-state index in [0.717, 1.165) is 60.9 Å². The zero-order chi connectivity index (χ0) is 39.8. The highest BCUT2D eigenvalue weighted by molar-refractivity contribution is 7.99. The van der Waals surface area contributed by atoms with Gasteiger partial charge in [-0.25, -0.2) is 4.98 Å². The van der Waals surface area contributed by atoms with Crippen molar-refractivity contribution in [3.05, 3.63) is 184 Å². The second-order valence-corrected chi connectivity index (χ2v) is 16.4. The fourth-order valence-electron chi connectivity index (χ4n) is 6.29. The number of carboxylic acids is 1. The Morgan fingerprint density at radius 1 is 0.839 bits per heavy atom. The smallest absolute Gasteiger partial charge is 0.300 e. The van der Waals surface area contributed by atoms with Crippen molar-refractivity contribution in [2.45, 2.75) is 70.4 Å². The van der Waals surface area contributed by atoms with Crippen LogP contribution in [0.5, 0.6) is 0 Å². The van der Waals surface area contributed by atoms with Gasteiger partial charge in [-0.3, -0.25) is 4.79 Å². The van der Waals surface area contributed by atoms with Crippen LogP contribution in [0, 0.1) is 5.92 Å². The molecule has 0 unspecified atom stereocenters. The van der Waals surface area contributed by atoms with E-state index >= 15 is 0 Å². The van der Waals surface area contributed by atoms with E-state index in [1.807, 2.05) is 56.3 Å². The summed E-state index contributed by atoms with van der Waals surface area (Å²) in [4.78, 5) is 13.8. The molecular weight excluding hydrogens is 732 g/mol. The van der Waals surface area contributed by atoms with Gasteiger partial charge < -0.3 is 15.5 Å². The summed E-state index contributed by atoms with van der Waals surface area (Å²) in [5, 5.41) is 23.7. The van der Waals surface area contributed by atoms with Crippen LogP contribution in [0.2, 0.25) is 5.02 Å². The second kappa shape index (κ2) is 21.5. The van der Waals surface area contributed by atoms with Crippen LogP contribution in [0.1, 0.15) is 84.4 Å². The number of fused-ring (bicyclic) bond motifs is 1. The van der Waals surface area contributed by atoms with Gasteiger partial charge in [0, 0.05) is 35.7 Å². The molecule has 1 fully saturated rings. The van der Waals surface area contributed by atoms with E-state index in [1.54, 1.807) is 0 Å². The van der Waals surface area contributed by atoms with Crippen molar-refractivity contribution < 1.29 is 15.0 Å². The molecule has 56 heavy (non-hydrogen) atoms. The number of nitrogens with one attached hydrogen (secondary N) is 1. The molecule has 0 radical (unpaired) electrons. The van der Waals surface area contributed by atoms with Gasteiger partial charge in [-0.15, -0.1) is 0 Å². The minimum absolute atomic E-state index is 0.421. The number of aliphatic hydroxyl groups is 1. The summed E-state index contributed by atoms with van der Waals surface area (Å²) in [5.74, 6) is 1.27. The van der Waals surface area contributed by atoms with Crippen molar-refractivity contribution in [2.24, 2.45) is 5.92 Å². The van der Waals surface area contributed by atoms with E-state index in [0.29, 0.717) is 10.3 Å². The Morgan fingerprint density at radius 2 is 1.46 bits per heavy atom. The maximum Gasteiger partial charge on any atom is 0.300 e. The Bertz CT molecular complexity index is 2100. The number of hydrogen-bond acceptors (Lipinski definition) is 5. The number of carbonyl (C=O) groups is 1. The van der Waals surface area contributed by atoms with Crippen LogP contribution in [-0.2, 0) is 29.9 Å². The van der Waals surface area contributed by atoms with Gasteiger partial charge in [0.15, 0.2) is 0 Å². The van der Waals surface area contributed by atoms with Gasteiger partial charge in [-0.1, -0.05) is 139 Å². The predicted molar refractivity (Wildman–Crippen MR) is 237 cm³/mol. The summed E-state index contributed by atoms with van der Waals surface area (Å²) in [6, 6.07) is 48.1. The van der Waals surface area contributed by atoms with Crippen LogP contribution in [-0.4, -0.2) is 26.9 Å². The SMILES string of the molecule is CC(=O)O.CC(C)(O)c1ccccc1CC[C@@H](SCC1CC1)c1cccc(C=Cc2ccc3ccc(Cl)cc3n2)c1.c1ccc(CNCc2ccccc2)cc1. The minimum Gasteiger partial charge on any atom is -0.481 e. The normalized spacial score (nSPS) is 13.0. The summed E-state index contributed by atoms with van der Waals surface area (Å²) in [5.41, 5.74) is 8.47. The summed E-state index contributed by atoms with van der Waals surface area (Å²) in [6.45, 7) is 6.69. The van der Waals surface area contributed by atoms with E-state index in [9.17, 15) is 5.11 Å². The monoisotopic (exact) mass is 784 g/mol. The quantitative estimate of drug-likeness (QED) is 0.102. The van der Waals surface area contributed by atoms with E-state index < -0.39 is 11.6 Å². The average Bonchev–Trinajstić information content (AvgIpc) is 4.02. The number of thioether (sulfide) groups is 1. The molecule has 0 saturated heterocycles. The zero-order valence-electron chi connectivity index (χ0n) is 32.6. The number of aryl methyl sites for hydroxylation is 1. The van der Waals surface area contributed by atoms with Crippen LogP contribution in [0.15, 0.2) is 140 Å². The lowest BCUT2D eigenvalue weighted by Crippen LogP contribution is -2.18. The topological polar surface area (TPSA) is 82.5 Å². The first kappa shape index (κ1) is 42.4. The standard InChI is InChI=1S/C33H34ClNOS.C14H15N.C2H4O2/c1-33(2,36)30-9-4-3-7-25(30)15-19-32(37-22-24-10-11-24)27-8-5-6-23(20-27)12-17-29-18-14-26-13-16-28(34)21-31(26)35-29;1-3-7-13(8-4-1)11-15-12-14-9-5-2-6-10-14;1-2(3)4/h3-9,12-14,16-18,20-21,24,32,36H,10-11,15,19,22H2,1-2H3;1-10,15H,11-12H2;1H3,(H,3,4)/t32-;;/m1../s1. The molecule has 1 aromatic heterocycles. The van der Waals surface area contributed by atoms with Gasteiger partial charge >= 0.3 is 0 Å². The molecule has 1 saturated carbocycles. The first-order chi connectivity index (χ1) is 27.0. The van der Waals surface area contributed by atoms with Gasteiger partial charge in [-0.05, 0) is 109 Å². The highest BCUT2D eigenvalue weighted by Gasteiger charge is 2.25. The molecule has 0 bridgehead atoms. The average molecular weight is 785 g/mol. The summed E-state index contributed by atoms with van der Waals surface area (Å²) in [7, 11) is 0.